The molecular weight excluding hydrogens is 154 g/mol. The average Bonchev–Trinajstić information content (AvgIpc) is 2.06. The summed E-state index contributed by atoms with van der Waals surface area (Å²) in [4.78, 5) is 10.9. The third-order valence-electron chi connectivity index (χ3n) is 2.20. The lowest BCUT2D eigenvalue weighted by Gasteiger charge is -2.25. The Hall–Kier alpha value is -0.880. The molecule has 12 heavy (non-hydrogen) atoms. The van der Waals surface area contributed by atoms with Crippen LogP contribution in [0.5, 0.6) is 0 Å². The molecule has 0 N–H and O–H groups in total. The third-order valence-corrected chi connectivity index (χ3v) is 2.20. The van der Waals surface area contributed by atoms with Crippen LogP contribution >= 0.6 is 0 Å². The van der Waals surface area contributed by atoms with Gasteiger partial charge in [0.15, 0.2) is 5.78 Å². The van der Waals surface area contributed by atoms with Crippen molar-refractivity contribution in [3.63, 3.8) is 0 Å². The van der Waals surface area contributed by atoms with Crippen molar-refractivity contribution in [3.8, 4) is 6.07 Å². The molecule has 0 aromatic carbocycles. The van der Waals surface area contributed by atoms with Gasteiger partial charge >= 0.3 is 0 Å². The molecule has 1 saturated heterocycles. The summed E-state index contributed by atoms with van der Waals surface area (Å²) < 4.78 is 5.30. The summed E-state index contributed by atoms with van der Waals surface area (Å²) in [6, 6.07) is 2.12. The number of carbonyl (C=O) groups excluding carboxylic acids is 1. The molecule has 0 aromatic heterocycles. The number of rotatable bonds is 2. The van der Waals surface area contributed by atoms with Crippen molar-refractivity contribution in [2.75, 3.05) is 6.61 Å². The van der Waals surface area contributed by atoms with Gasteiger partial charge in [0.1, 0.15) is 6.10 Å². The Bertz CT molecular complexity index is 199. The van der Waals surface area contributed by atoms with Gasteiger partial charge in [-0.15, -0.1) is 0 Å². The Morgan fingerprint density at radius 1 is 1.67 bits per heavy atom. The zero-order valence-corrected chi connectivity index (χ0v) is 7.25. The van der Waals surface area contributed by atoms with E-state index in [1.54, 1.807) is 6.92 Å². The molecule has 1 rings (SSSR count). The highest BCUT2D eigenvalue weighted by Gasteiger charge is 2.23. The van der Waals surface area contributed by atoms with E-state index in [-0.39, 0.29) is 11.9 Å². The highest BCUT2D eigenvalue weighted by molar-refractivity contribution is 5.80. The molecule has 1 fully saturated rings. The number of ketones is 1. The summed E-state index contributed by atoms with van der Waals surface area (Å²) in [5.41, 5.74) is 0. The molecule has 1 heterocycles. The molecule has 1 aliphatic rings. The van der Waals surface area contributed by atoms with Crippen LogP contribution in [-0.4, -0.2) is 18.5 Å². The van der Waals surface area contributed by atoms with Crippen LogP contribution in [0.15, 0.2) is 0 Å². The summed E-state index contributed by atoms with van der Waals surface area (Å²) in [7, 11) is 0. The molecule has 0 aromatic rings. The molecule has 0 bridgehead atoms. The lowest BCUT2D eigenvalue weighted by molar-refractivity contribution is -0.132. The number of ether oxygens (including phenoxy) is 1. The Morgan fingerprint density at radius 2 is 2.42 bits per heavy atom. The SMILES string of the molecule is CC(=O)C1CCC(CC#N)CO1. The van der Waals surface area contributed by atoms with Crippen LogP contribution in [-0.2, 0) is 9.53 Å². The van der Waals surface area contributed by atoms with Crippen LogP contribution in [0.2, 0.25) is 0 Å². The van der Waals surface area contributed by atoms with Crippen molar-refractivity contribution in [2.24, 2.45) is 5.92 Å². The molecule has 2 unspecified atom stereocenters. The first-order chi connectivity index (χ1) is 5.74. The van der Waals surface area contributed by atoms with Crippen molar-refractivity contribution < 1.29 is 9.53 Å². The number of Topliss-reactive ketones (excluding diaryl/α,β-unsaturated/α-hetero) is 1. The molecular formula is C9H13NO2. The highest BCUT2D eigenvalue weighted by Crippen LogP contribution is 2.21. The van der Waals surface area contributed by atoms with E-state index in [4.69, 9.17) is 10.00 Å². The zero-order valence-electron chi connectivity index (χ0n) is 7.25. The molecule has 0 spiro atoms. The minimum atomic E-state index is -0.208. The normalized spacial score (nSPS) is 29.3. The van der Waals surface area contributed by atoms with Crippen LogP contribution in [0.3, 0.4) is 0 Å². The van der Waals surface area contributed by atoms with Gasteiger partial charge in [-0.3, -0.25) is 4.79 Å². The Balaban J connectivity index is 2.30. The minimum Gasteiger partial charge on any atom is -0.370 e. The average molecular weight is 167 g/mol. The molecule has 0 saturated carbocycles. The number of hydrogen-bond donors (Lipinski definition) is 0. The Morgan fingerprint density at radius 3 is 2.83 bits per heavy atom. The predicted octanol–water partition coefficient (Wildman–Crippen LogP) is 1.28. The zero-order chi connectivity index (χ0) is 8.97. The largest absolute Gasteiger partial charge is 0.370 e. The fraction of sp³-hybridized carbons (Fsp3) is 0.778. The van der Waals surface area contributed by atoms with E-state index in [1.807, 2.05) is 0 Å². The number of carbonyl (C=O) groups is 1. The molecule has 66 valence electrons. The molecule has 2 atom stereocenters. The van der Waals surface area contributed by atoms with Crippen molar-refractivity contribution in [1.82, 2.24) is 0 Å². The van der Waals surface area contributed by atoms with Crippen LogP contribution in [0.25, 0.3) is 0 Å². The lowest BCUT2D eigenvalue weighted by Crippen LogP contribution is -2.30. The topological polar surface area (TPSA) is 50.1 Å². The minimum absolute atomic E-state index is 0.102. The van der Waals surface area contributed by atoms with Gasteiger partial charge in [-0.25, -0.2) is 0 Å². The van der Waals surface area contributed by atoms with Crippen molar-refractivity contribution in [2.45, 2.75) is 32.3 Å². The summed E-state index contributed by atoms with van der Waals surface area (Å²) in [6.07, 6.45) is 2.06. The van der Waals surface area contributed by atoms with Crippen molar-refractivity contribution in [1.29, 1.82) is 5.26 Å². The van der Waals surface area contributed by atoms with Crippen LogP contribution < -0.4 is 0 Å². The fourth-order valence-corrected chi connectivity index (χ4v) is 1.42. The first-order valence-corrected chi connectivity index (χ1v) is 4.23. The van der Waals surface area contributed by atoms with Crippen molar-refractivity contribution in [3.05, 3.63) is 0 Å². The van der Waals surface area contributed by atoms with Crippen LogP contribution in [0.4, 0.5) is 0 Å². The van der Waals surface area contributed by atoms with Gasteiger partial charge in [0.25, 0.3) is 0 Å². The number of hydrogen-bond acceptors (Lipinski definition) is 3. The van der Waals surface area contributed by atoms with Crippen LogP contribution in [0.1, 0.15) is 26.2 Å². The fourth-order valence-electron chi connectivity index (χ4n) is 1.42. The predicted molar refractivity (Wildman–Crippen MR) is 43.4 cm³/mol. The van der Waals surface area contributed by atoms with E-state index in [0.717, 1.165) is 12.8 Å². The second-order valence-corrected chi connectivity index (χ2v) is 3.24. The van der Waals surface area contributed by atoms with Crippen molar-refractivity contribution >= 4 is 5.78 Å². The van der Waals surface area contributed by atoms with E-state index in [2.05, 4.69) is 6.07 Å². The summed E-state index contributed by atoms with van der Waals surface area (Å²) in [6.45, 7) is 2.12. The standard InChI is InChI=1S/C9H13NO2/c1-7(11)9-3-2-8(4-5-10)6-12-9/h8-9H,2-4,6H2,1H3. The van der Waals surface area contributed by atoms with Gasteiger partial charge in [-0.05, 0) is 25.7 Å². The number of nitrogens with zero attached hydrogens (tertiary/aromatic N) is 1. The van der Waals surface area contributed by atoms with E-state index in [1.165, 1.54) is 0 Å². The summed E-state index contributed by atoms with van der Waals surface area (Å²) >= 11 is 0. The second kappa shape index (κ2) is 4.22. The first kappa shape index (κ1) is 9.21. The van der Waals surface area contributed by atoms with Gasteiger partial charge in [-0.1, -0.05) is 0 Å². The smallest absolute Gasteiger partial charge is 0.158 e. The number of nitriles is 1. The quantitative estimate of drug-likeness (QED) is 0.622. The molecule has 0 aliphatic carbocycles. The van der Waals surface area contributed by atoms with Gasteiger partial charge in [0, 0.05) is 6.42 Å². The van der Waals surface area contributed by atoms with E-state index in [9.17, 15) is 4.79 Å². The molecule has 1 aliphatic heterocycles. The Kier molecular flexibility index (Phi) is 3.24. The maximum Gasteiger partial charge on any atom is 0.158 e. The highest BCUT2D eigenvalue weighted by atomic mass is 16.5. The molecule has 0 amide bonds. The Labute approximate surface area is 72.3 Å². The molecule has 3 heteroatoms. The second-order valence-electron chi connectivity index (χ2n) is 3.24. The van der Waals surface area contributed by atoms with E-state index in [0.29, 0.717) is 18.9 Å². The van der Waals surface area contributed by atoms with E-state index < -0.39 is 0 Å². The van der Waals surface area contributed by atoms with E-state index >= 15 is 0 Å². The van der Waals surface area contributed by atoms with Gasteiger partial charge in [0.2, 0.25) is 0 Å². The molecule has 0 radical (unpaired) electrons. The summed E-state index contributed by atoms with van der Waals surface area (Å²) in [5, 5.41) is 8.42. The maximum atomic E-state index is 10.9. The van der Waals surface area contributed by atoms with Gasteiger partial charge in [-0.2, -0.15) is 5.26 Å². The maximum absolute atomic E-state index is 10.9. The molecule has 3 nitrogen and oxygen atoms in total. The third kappa shape index (κ3) is 2.31. The lowest BCUT2D eigenvalue weighted by atomic mass is 9.95. The van der Waals surface area contributed by atoms with Gasteiger partial charge < -0.3 is 4.74 Å². The summed E-state index contributed by atoms with van der Waals surface area (Å²) in [5.74, 6) is 0.441. The monoisotopic (exact) mass is 167 g/mol. The first-order valence-electron chi connectivity index (χ1n) is 4.23. The van der Waals surface area contributed by atoms with Crippen LogP contribution in [0, 0.1) is 17.2 Å². The van der Waals surface area contributed by atoms with Gasteiger partial charge in [0.05, 0.1) is 12.7 Å².